The van der Waals surface area contributed by atoms with Crippen LogP contribution in [0.2, 0.25) is 0 Å². The molecule has 1 heterocycles. The first-order chi connectivity index (χ1) is 9.22. The maximum absolute atomic E-state index is 4.12. The molecule has 0 spiro atoms. The summed E-state index contributed by atoms with van der Waals surface area (Å²) in [5.74, 6) is 0.690. The normalized spacial score (nSPS) is 10.5. The fraction of sp³-hybridized carbons (Fsp3) is 0.462. The smallest absolute Gasteiger partial charge is 0.193 e. The van der Waals surface area contributed by atoms with E-state index in [1.54, 1.807) is 7.05 Å². The SMILES string of the molecule is CCN(CC)c1ccc(NCc2nnn(C)n2)cc1. The quantitative estimate of drug-likeness (QED) is 0.856. The molecule has 0 bridgehead atoms. The number of hydrogen-bond donors (Lipinski definition) is 1. The van der Waals surface area contributed by atoms with Crippen LogP contribution in [0.25, 0.3) is 0 Å². The summed E-state index contributed by atoms with van der Waals surface area (Å²) in [7, 11) is 1.76. The molecule has 2 aromatic rings. The summed E-state index contributed by atoms with van der Waals surface area (Å²) in [6, 6.07) is 8.40. The van der Waals surface area contributed by atoms with Crippen molar-refractivity contribution >= 4 is 11.4 Å². The van der Waals surface area contributed by atoms with Gasteiger partial charge in [-0.2, -0.15) is 4.80 Å². The number of benzene rings is 1. The predicted octanol–water partition coefficient (Wildman–Crippen LogP) is 1.67. The lowest BCUT2D eigenvalue weighted by Gasteiger charge is -2.21. The van der Waals surface area contributed by atoms with E-state index in [4.69, 9.17) is 0 Å². The molecule has 0 saturated heterocycles. The van der Waals surface area contributed by atoms with E-state index in [9.17, 15) is 0 Å². The van der Waals surface area contributed by atoms with Crippen LogP contribution >= 0.6 is 0 Å². The third-order valence-electron chi connectivity index (χ3n) is 3.00. The van der Waals surface area contributed by atoms with Crippen LogP contribution in [0, 0.1) is 0 Å². The standard InChI is InChI=1S/C13H20N6/c1-4-19(5-2)12-8-6-11(7-9-12)14-10-13-15-17-18(3)16-13/h6-9,14H,4-5,10H2,1-3H3. The molecule has 1 aromatic heterocycles. The van der Waals surface area contributed by atoms with Crippen molar-refractivity contribution in [3.63, 3.8) is 0 Å². The molecule has 0 saturated carbocycles. The van der Waals surface area contributed by atoms with E-state index < -0.39 is 0 Å². The van der Waals surface area contributed by atoms with E-state index in [0.29, 0.717) is 12.4 Å². The van der Waals surface area contributed by atoms with Crippen molar-refractivity contribution in [2.75, 3.05) is 23.3 Å². The Labute approximate surface area is 113 Å². The monoisotopic (exact) mass is 260 g/mol. The van der Waals surface area contributed by atoms with Crippen molar-refractivity contribution in [3.05, 3.63) is 30.1 Å². The second kappa shape index (κ2) is 6.17. The minimum atomic E-state index is 0.582. The topological polar surface area (TPSA) is 58.9 Å². The molecule has 2 rings (SSSR count). The van der Waals surface area contributed by atoms with E-state index in [0.717, 1.165) is 18.8 Å². The zero-order chi connectivity index (χ0) is 13.7. The molecular formula is C13H20N6. The number of rotatable bonds is 6. The fourth-order valence-electron chi connectivity index (χ4n) is 1.95. The van der Waals surface area contributed by atoms with Crippen LogP contribution in [-0.2, 0) is 13.6 Å². The molecule has 0 radical (unpaired) electrons. The van der Waals surface area contributed by atoms with Crippen molar-refractivity contribution in [2.24, 2.45) is 7.05 Å². The van der Waals surface area contributed by atoms with E-state index in [1.807, 2.05) is 0 Å². The van der Waals surface area contributed by atoms with Gasteiger partial charge in [0.25, 0.3) is 0 Å². The lowest BCUT2D eigenvalue weighted by atomic mass is 10.2. The Hall–Kier alpha value is -2.11. The third-order valence-corrected chi connectivity index (χ3v) is 3.00. The molecule has 0 amide bonds. The van der Waals surface area contributed by atoms with Crippen LogP contribution < -0.4 is 10.2 Å². The highest BCUT2D eigenvalue weighted by Gasteiger charge is 2.02. The van der Waals surface area contributed by atoms with E-state index in [2.05, 4.69) is 63.7 Å². The third kappa shape index (κ3) is 3.43. The van der Waals surface area contributed by atoms with Gasteiger partial charge in [-0.15, -0.1) is 10.2 Å². The fourth-order valence-corrected chi connectivity index (χ4v) is 1.95. The van der Waals surface area contributed by atoms with Gasteiger partial charge in [-0.25, -0.2) is 0 Å². The second-order valence-corrected chi connectivity index (χ2v) is 4.27. The van der Waals surface area contributed by atoms with Crippen LogP contribution in [-0.4, -0.2) is 33.3 Å². The Morgan fingerprint density at radius 3 is 2.37 bits per heavy atom. The van der Waals surface area contributed by atoms with E-state index in [-0.39, 0.29) is 0 Å². The molecule has 19 heavy (non-hydrogen) atoms. The summed E-state index contributed by atoms with van der Waals surface area (Å²) >= 11 is 0. The Morgan fingerprint density at radius 2 is 1.84 bits per heavy atom. The molecule has 0 aliphatic heterocycles. The number of anilines is 2. The lowest BCUT2D eigenvalue weighted by molar-refractivity contribution is 0.628. The summed E-state index contributed by atoms with van der Waals surface area (Å²) in [4.78, 5) is 3.77. The van der Waals surface area contributed by atoms with Crippen LogP contribution in [0.3, 0.4) is 0 Å². The number of nitrogens with one attached hydrogen (secondary N) is 1. The van der Waals surface area contributed by atoms with Gasteiger partial charge >= 0.3 is 0 Å². The van der Waals surface area contributed by atoms with Crippen LogP contribution in [0.5, 0.6) is 0 Å². The lowest BCUT2D eigenvalue weighted by Crippen LogP contribution is -2.21. The summed E-state index contributed by atoms with van der Waals surface area (Å²) in [6.07, 6.45) is 0. The van der Waals surface area contributed by atoms with Gasteiger partial charge in [-0.1, -0.05) is 0 Å². The van der Waals surface area contributed by atoms with Gasteiger partial charge in [0.2, 0.25) is 0 Å². The summed E-state index contributed by atoms with van der Waals surface area (Å²) in [5.41, 5.74) is 2.30. The minimum Gasteiger partial charge on any atom is -0.378 e. The highest BCUT2D eigenvalue weighted by atomic mass is 15.6. The molecule has 0 aliphatic carbocycles. The van der Waals surface area contributed by atoms with Crippen molar-refractivity contribution in [1.29, 1.82) is 0 Å². The van der Waals surface area contributed by atoms with Gasteiger partial charge in [0.05, 0.1) is 13.6 Å². The van der Waals surface area contributed by atoms with Gasteiger partial charge in [-0.3, -0.25) is 0 Å². The van der Waals surface area contributed by atoms with E-state index in [1.165, 1.54) is 10.5 Å². The average molecular weight is 260 g/mol. The summed E-state index contributed by atoms with van der Waals surface area (Å²) < 4.78 is 0. The zero-order valence-electron chi connectivity index (χ0n) is 11.7. The average Bonchev–Trinajstić information content (AvgIpc) is 2.85. The van der Waals surface area contributed by atoms with Crippen LogP contribution in [0.15, 0.2) is 24.3 Å². The second-order valence-electron chi connectivity index (χ2n) is 4.27. The molecule has 1 aromatic carbocycles. The highest BCUT2D eigenvalue weighted by molar-refractivity contribution is 5.54. The molecule has 102 valence electrons. The van der Waals surface area contributed by atoms with E-state index >= 15 is 0 Å². The first-order valence-corrected chi connectivity index (χ1v) is 6.54. The highest BCUT2D eigenvalue weighted by Crippen LogP contribution is 2.17. The Balaban J connectivity index is 1.95. The van der Waals surface area contributed by atoms with Crippen molar-refractivity contribution < 1.29 is 0 Å². The largest absolute Gasteiger partial charge is 0.378 e. The van der Waals surface area contributed by atoms with Crippen molar-refractivity contribution in [2.45, 2.75) is 20.4 Å². The molecule has 6 heteroatoms. The molecule has 0 aliphatic rings. The van der Waals surface area contributed by atoms with Crippen LogP contribution in [0.4, 0.5) is 11.4 Å². The van der Waals surface area contributed by atoms with Crippen molar-refractivity contribution in [1.82, 2.24) is 20.2 Å². The molecule has 1 N–H and O–H groups in total. The Kier molecular flexibility index (Phi) is 4.33. The zero-order valence-corrected chi connectivity index (χ0v) is 11.7. The molecule has 0 fully saturated rings. The first-order valence-electron chi connectivity index (χ1n) is 6.54. The maximum atomic E-state index is 4.12. The maximum Gasteiger partial charge on any atom is 0.193 e. The van der Waals surface area contributed by atoms with Gasteiger partial charge in [0.1, 0.15) is 0 Å². The summed E-state index contributed by atoms with van der Waals surface area (Å²) in [6.45, 7) is 6.95. The molecule has 0 atom stereocenters. The molecular weight excluding hydrogens is 240 g/mol. The predicted molar refractivity (Wildman–Crippen MR) is 76.1 cm³/mol. The van der Waals surface area contributed by atoms with Gasteiger partial charge in [-0.05, 0) is 43.3 Å². The number of hydrogen-bond acceptors (Lipinski definition) is 5. The van der Waals surface area contributed by atoms with Gasteiger partial charge < -0.3 is 10.2 Å². The van der Waals surface area contributed by atoms with Gasteiger partial charge in [0, 0.05) is 24.5 Å². The number of aromatic nitrogens is 4. The minimum absolute atomic E-state index is 0.582. The number of nitrogens with zero attached hydrogens (tertiary/aromatic N) is 5. The van der Waals surface area contributed by atoms with Crippen molar-refractivity contribution in [3.8, 4) is 0 Å². The van der Waals surface area contributed by atoms with Gasteiger partial charge in [0.15, 0.2) is 5.82 Å². The molecule has 6 nitrogen and oxygen atoms in total. The number of aryl methyl sites for hydroxylation is 1. The Bertz CT molecular complexity index is 500. The number of tetrazole rings is 1. The molecule has 0 unspecified atom stereocenters. The Morgan fingerprint density at radius 1 is 1.16 bits per heavy atom. The van der Waals surface area contributed by atoms with Crippen LogP contribution in [0.1, 0.15) is 19.7 Å². The first kappa shape index (κ1) is 13.3. The summed E-state index contributed by atoms with van der Waals surface area (Å²) in [5, 5.41) is 15.1.